The van der Waals surface area contributed by atoms with Crippen LogP contribution in [-0.2, 0) is 4.79 Å². The molecule has 1 aromatic rings. The summed E-state index contributed by atoms with van der Waals surface area (Å²) in [6.07, 6.45) is 0.786. The first-order valence-electron chi connectivity index (χ1n) is 6.01. The molecule has 0 atom stereocenters. The van der Waals surface area contributed by atoms with Crippen molar-refractivity contribution in [2.45, 2.75) is 12.8 Å². The van der Waals surface area contributed by atoms with Crippen molar-refractivity contribution in [3.05, 3.63) is 32.5 Å². The molecule has 0 unspecified atom stereocenters. The Bertz CT molecular complexity index is 559. The minimum absolute atomic E-state index is 0.0355. The van der Waals surface area contributed by atoms with Crippen molar-refractivity contribution in [3.63, 3.8) is 0 Å². The molecule has 0 radical (unpaired) electrons. The van der Waals surface area contributed by atoms with Crippen LogP contribution < -0.4 is 4.90 Å². The molecule has 1 N–H and O–H groups in total. The minimum atomic E-state index is -0.860. The number of carboxylic acids is 1. The van der Waals surface area contributed by atoms with Gasteiger partial charge in [0.15, 0.2) is 0 Å². The van der Waals surface area contributed by atoms with E-state index in [1.807, 2.05) is 0 Å². The number of anilines is 1. The summed E-state index contributed by atoms with van der Waals surface area (Å²) in [5.41, 5.74) is 0.00610. The van der Waals surface area contributed by atoms with Gasteiger partial charge in [0.25, 0.3) is 5.69 Å². The number of nitrogens with zero attached hydrogens (tertiary/aromatic N) is 2. The van der Waals surface area contributed by atoms with Gasteiger partial charge in [-0.1, -0.05) is 0 Å². The number of aliphatic carboxylic acids is 1. The lowest BCUT2D eigenvalue weighted by molar-refractivity contribution is -0.384. The Hall–Kier alpha value is -1.70. The highest BCUT2D eigenvalue weighted by molar-refractivity contribution is 9.10. The summed E-state index contributed by atoms with van der Waals surface area (Å²) in [4.78, 5) is 23.0. The number of hydrogen-bond donors (Lipinski definition) is 1. The molecule has 0 spiro atoms. The SMILES string of the molecule is O=C(O)C1CCN(c2cc(F)c(Br)cc2[N+](=O)[O-])CC1. The third-order valence-corrected chi connectivity index (χ3v) is 4.01. The highest BCUT2D eigenvalue weighted by Gasteiger charge is 2.29. The van der Waals surface area contributed by atoms with Crippen LogP contribution >= 0.6 is 15.9 Å². The van der Waals surface area contributed by atoms with Gasteiger partial charge < -0.3 is 10.0 Å². The van der Waals surface area contributed by atoms with Gasteiger partial charge in [-0.05, 0) is 28.8 Å². The zero-order valence-corrected chi connectivity index (χ0v) is 12.0. The number of carbonyl (C=O) groups is 1. The van der Waals surface area contributed by atoms with E-state index in [0.29, 0.717) is 25.9 Å². The number of piperidine rings is 1. The first-order chi connectivity index (χ1) is 9.40. The molecule has 2 rings (SSSR count). The highest BCUT2D eigenvalue weighted by Crippen LogP contribution is 2.35. The minimum Gasteiger partial charge on any atom is -0.481 e. The summed E-state index contributed by atoms with van der Waals surface area (Å²) in [5, 5.41) is 20.0. The first-order valence-corrected chi connectivity index (χ1v) is 6.80. The van der Waals surface area contributed by atoms with Crippen LogP contribution in [0.1, 0.15) is 12.8 Å². The Morgan fingerprint density at radius 3 is 2.55 bits per heavy atom. The van der Waals surface area contributed by atoms with E-state index in [-0.39, 0.29) is 15.8 Å². The average molecular weight is 347 g/mol. The fourth-order valence-corrected chi connectivity index (χ4v) is 2.62. The normalized spacial score (nSPS) is 16.2. The van der Waals surface area contributed by atoms with Crippen LogP contribution in [0.3, 0.4) is 0 Å². The smallest absolute Gasteiger partial charge is 0.306 e. The average Bonchev–Trinajstić information content (AvgIpc) is 2.41. The van der Waals surface area contributed by atoms with Crippen molar-refractivity contribution in [2.75, 3.05) is 18.0 Å². The van der Waals surface area contributed by atoms with Crippen molar-refractivity contribution in [3.8, 4) is 0 Å². The second-order valence-electron chi connectivity index (χ2n) is 4.61. The molecule has 0 aliphatic carbocycles. The van der Waals surface area contributed by atoms with Gasteiger partial charge >= 0.3 is 5.97 Å². The molecule has 20 heavy (non-hydrogen) atoms. The summed E-state index contributed by atoms with van der Waals surface area (Å²) in [6, 6.07) is 2.25. The van der Waals surface area contributed by atoms with E-state index in [2.05, 4.69) is 15.9 Å². The van der Waals surface area contributed by atoms with Gasteiger partial charge in [0.05, 0.1) is 15.3 Å². The Labute approximate surface area is 122 Å². The molecular formula is C12H12BrFN2O4. The van der Waals surface area contributed by atoms with Gasteiger partial charge in [-0.3, -0.25) is 14.9 Å². The van der Waals surface area contributed by atoms with E-state index in [1.165, 1.54) is 0 Å². The lowest BCUT2D eigenvalue weighted by Crippen LogP contribution is -2.36. The zero-order chi connectivity index (χ0) is 14.9. The van der Waals surface area contributed by atoms with E-state index in [9.17, 15) is 19.3 Å². The van der Waals surface area contributed by atoms with Crippen LogP contribution in [0.2, 0.25) is 0 Å². The fourth-order valence-electron chi connectivity index (χ4n) is 2.29. The van der Waals surface area contributed by atoms with Crippen LogP contribution in [0.15, 0.2) is 16.6 Å². The Morgan fingerprint density at radius 1 is 1.45 bits per heavy atom. The number of halogens is 2. The van der Waals surface area contributed by atoms with Crippen LogP contribution in [0.25, 0.3) is 0 Å². The molecule has 1 heterocycles. The number of nitro benzene ring substituents is 1. The molecule has 0 aromatic heterocycles. The maximum atomic E-state index is 13.6. The molecule has 1 aliphatic rings. The summed E-state index contributed by atoms with van der Waals surface area (Å²) in [6.45, 7) is 0.720. The quantitative estimate of drug-likeness (QED) is 0.671. The predicted molar refractivity (Wildman–Crippen MR) is 73.3 cm³/mol. The van der Waals surface area contributed by atoms with Gasteiger partial charge in [0, 0.05) is 25.2 Å². The number of rotatable bonds is 3. The van der Waals surface area contributed by atoms with Crippen molar-refractivity contribution >= 4 is 33.3 Å². The van der Waals surface area contributed by atoms with Crippen LogP contribution in [0.5, 0.6) is 0 Å². The third-order valence-electron chi connectivity index (χ3n) is 3.40. The second kappa shape index (κ2) is 5.74. The van der Waals surface area contributed by atoms with Crippen LogP contribution in [0.4, 0.5) is 15.8 Å². The second-order valence-corrected chi connectivity index (χ2v) is 5.47. The van der Waals surface area contributed by atoms with Crippen molar-refractivity contribution in [1.82, 2.24) is 0 Å². The number of carboxylic acid groups (broad SMARTS) is 1. The van der Waals surface area contributed by atoms with Gasteiger partial charge in [0.2, 0.25) is 0 Å². The van der Waals surface area contributed by atoms with Gasteiger partial charge in [-0.2, -0.15) is 0 Å². The van der Waals surface area contributed by atoms with E-state index in [0.717, 1.165) is 12.1 Å². The van der Waals surface area contributed by atoms with Crippen LogP contribution in [-0.4, -0.2) is 29.1 Å². The molecule has 0 bridgehead atoms. The first kappa shape index (κ1) is 14.7. The lowest BCUT2D eigenvalue weighted by Gasteiger charge is -2.31. The van der Waals surface area contributed by atoms with E-state index < -0.39 is 22.6 Å². The molecule has 8 heteroatoms. The lowest BCUT2D eigenvalue weighted by atomic mass is 9.96. The molecule has 6 nitrogen and oxygen atoms in total. The molecular weight excluding hydrogens is 335 g/mol. The topological polar surface area (TPSA) is 83.7 Å². The van der Waals surface area contributed by atoms with Gasteiger partial charge in [0.1, 0.15) is 11.5 Å². The number of nitro groups is 1. The Balaban J connectivity index is 2.27. The summed E-state index contributed by atoms with van der Waals surface area (Å²) < 4.78 is 13.6. The molecule has 1 aliphatic heterocycles. The van der Waals surface area contributed by atoms with E-state index in [4.69, 9.17) is 5.11 Å². The van der Waals surface area contributed by atoms with E-state index >= 15 is 0 Å². The predicted octanol–water partition coefficient (Wildman–Crippen LogP) is 2.80. The molecule has 1 aromatic carbocycles. The Kier molecular flexibility index (Phi) is 4.22. The Morgan fingerprint density at radius 2 is 2.05 bits per heavy atom. The largest absolute Gasteiger partial charge is 0.481 e. The van der Waals surface area contributed by atoms with Gasteiger partial charge in [-0.25, -0.2) is 4.39 Å². The standard InChI is InChI=1S/C12H12BrFN2O4/c13-8-5-11(16(19)20)10(6-9(8)14)15-3-1-7(2-4-15)12(17)18/h5-7H,1-4H2,(H,17,18). The molecule has 108 valence electrons. The van der Waals surface area contributed by atoms with Crippen molar-refractivity contribution < 1.29 is 19.2 Å². The molecule has 0 saturated carbocycles. The monoisotopic (exact) mass is 346 g/mol. The number of hydrogen-bond acceptors (Lipinski definition) is 4. The van der Waals surface area contributed by atoms with E-state index in [1.54, 1.807) is 4.90 Å². The maximum absolute atomic E-state index is 13.6. The van der Waals surface area contributed by atoms with Crippen molar-refractivity contribution in [2.24, 2.45) is 5.92 Å². The molecule has 1 fully saturated rings. The maximum Gasteiger partial charge on any atom is 0.306 e. The fraction of sp³-hybridized carbons (Fsp3) is 0.417. The zero-order valence-electron chi connectivity index (χ0n) is 10.4. The number of benzene rings is 1. The molecule has 0 amide bonds. The highest BCUT2D eigenvalue weighted by atomic mass is 79.9. The van der Waals surface area contributed by atoms with Crippen molar-refractivity contribution in [1.29, 1.82) is 0 Å². The summed E-state index contributed by atoms with van der Waals surface area (Å²) in [7, 11) is 0. The summed E-state index contributed by atoms with van der Waals surface area (Å²) >= 11 is 2.93. The summed E-state index contributed by atoms with van der Waals surface area (Å²) in [5.74, 6) is -1.88. The third kappa shape index (κ3) is 2.90. The molecule has 1 saturated heterocycles. The van der Waals surface area contributed by atoms with Crippen LogP contribution in [0, 0.1) is 21.8 Å². The van der Waals surface area contributed by atoms with Gasteiger partial charge in [-0.15, -0.1) is 0 Å².